The molecule has 0 saturated carbocycles. The monoisotopic (exact) mass is 396 g/mol. The largest absolute Gasteiger partial charge is 0.492 e. The van der Waals surface area contributed by atoms with Crippen LogP contribution in [0.3, 0.4) is 0 Å². The smallest absolute Gasteiger partial charge is 0.213 e. The number of imidazole rings is 1. The number of hydrogen-bond donors (Lipinski definition) is 2. The second kappa shape index (κ2) is 8.14. The molecule has 2 aromatic heterocycles. The fraction of sp³-hybridized carbons (Fsp3) is 0.300. The van der Waals surface area contributed by atoms with Crippen molar-refractivity contribution >= 4 is 34.0 Å². The molecule has 0 radical (unpaired) electrons. The molecule has 28 heavy (non-hydrogen) atoms. The van der Waals surface area contributed by atoms with Gasteiger partial charge in [-0.3, -0.25) is 10.2 Å². The summed E-state index contributed by atoms with van der Waals surface area (Å²) in [6.07, 6.45) is 3.79. The third-order valence-corrected chi connectivity index (χ3v) is 5.45. The molecule has 146 valence electrons. The highest BCUT2D eigenvalue weighted by Gasteiger charge is 2.25. The van der Waals surface area contributed by atoms with Crippen molar-refractivity contribution in [2.24, 2.45) is 10.7 Å². The summed E-state index contributed by atoms with van der Waals surface area (Å²) >= 11 is 1.68. The van der Waals surface area contributed by atoms with Crippen molar-refractivity contribution in [1.29, 1.82) is 0 Å². The zero-order valence-corrected chi connectivity index (χ0v) is 16.8. The lowest BCUT2D eigenvalue weighted by molar-refractivity contribution is 0.343. The first kappa shape index (κ1) is 18.7. The molecule has 3 aromatic rings. The Bertz CT molecular complexity index is 1010. The standard InChI is InChI=1S/C20H24N6OS/c1-3-27-16-7-4-6-15-18(16)24-20(25(15)12-10-21)26-11-9-14(23-19(26)22-2)17-8-5-13-28-17/h4-9,11,13,19,22H,3,10,12,21H2,1-2H3. The van der Waals surface area contributed by atoms with E-state index >= 15 is 0 Å². The number of benzene rings is 1. The van der Waals surface area contributed by atoms with E-state index in [1.807, 2.05) is 55.4 Å². The molecule has 1 aliphatic heterocycles. The molecule has 1 unspecified atom stereocenters. The first-order valence-electron chi connectivity index (χ1n) is 9.34. The normalized spacial score (nSPS) is 16.6. The Morgan fingerprint density at radius 2 is 2.18 bits per heavy atom. The van der Waals surface area contributed by atoms with Gasteiger partial charge in [-0.05, 0) is 43.6 Å². The minimum atomic E-state index is -0.258. The SMILES string of the molecule is CCOc1cccc2c1nc(N1C=CC(c3cccs3)=NC1NC)n2CCN. The van der Waals surface area contributed by atoms with Gasteiger partial charge in [-0.1, -0.05) is 12.1 Å². The summed E-state index contributed by atoms with van der Waals surface area (Å²) < 4.78 is 7.91. The van der Waals surface area contributed by atoms with Gasteiger partial charge >= 0.3 is 0 Å². The second-order valence-corrected chi connectivity index (χ2v) is 7.23. The fourth-order valence-electron chi connectivity index (χ4n) is 3.35. The predicted octanol–water partition coefficient (Wildman–Crippen LogP) is 2.78. The van der Waals surface area contributed by atoms with Gasteiger partial charge in [-0.2, -0.15) is 0 Å². The van der Waals surface area contributed by atoms with Crippen LogP contribution in [0.2, 0.25) is 0 Å². The van der Waals surface area contributed by atoms with Crippen molar-refractivity contribution in [2.45, 2.75) is 19.8 Å². The Kier molecular flexibility index (Phi) is 5.43. The van der Waals surface area contributed by atoms with Crippen molar-refractivity contribution in [2.75, 3.05) is 25.1 Å². The number of para-hydroxylation sites is 1. The van der Waals surface area contributed by atoms with Gasteiger partial charge in [0.25, 0.3) is 0 Å². The van der Waals surface area contributed by atoms with Gasteiger partial charge < -0.3 is 15.0 Å². The molecule has 0 saturated heterocycles. The van der Waals surface area contributed by atoms with Gasteiger partial charge in [-0.25, -0.2) is 9.98 Å². The van der Waals surface area contributed by atoms with Gasteiger partial charge in [0, 0.05) is 19.3 Å². The van der Waals surface area contributed by atoms with Crippen LogP contribution in [-0.2, 0) is 6.54 Å². The molecule has 0 spiro atoms. The number of nitrogens with two attached hydrogens (primary N) is 1. The molecule has 0 fully saturated rings. The van der Waals surface area contributed by atoms with Gasteiger partial charge in [0.2, 0.25) is 5.95 Å². The summed E-state index contributed by atoms with van der Waals surface area (Å²) in [5.74, 6) is 1.57. The highest BCUT2D eigenvalue weighted by Crippen LogP contribution is 2.31. The number of fused-ring (bicyclic) bond motifs is 1. The number of aliphatic imine (C=N–C) groups is 1. The molecule has 1 aromatic carbocycles. The lowest BCUT2D eigenvalue weighted by atomic mass is 10.2. The highest BCUT2D eigenvalue weighted by atomic mass is 32.1. The fourth-order valence-corrected chi connectivity index (χ4v) is 4.05. The Morgan fingerprint density at radius 1 is 1.29 bits per heavy atom. The van der Waals surface area contributed by atoms with Gasteiger partial charge in [-0.15, -0.1) is 11.3 Å². The van der Waals surface area contributed by atoms with Crippen LogP contribution in [0.1, 0.15) is 11.8 Å². The molecule has 8 heteroatoms. The Hall–Kier alpha value is -2.68. The average molecular weight is 397 g/mol. The van der Waals surface area contributed by atoms with Crippen LogP contribution in [-0.4, -0.2) is 41.8 Å². The summed E-state index contributed by atoms with van der Waals surface area (Å²) in [5, 5.41) is 5.33. The summed E-state index contributed by atoms with van der Waals surface area (Å²) in [4.78, 5) is 13.0. The van der Waals surface area contributed by atoms with E-state index in [4.69, 9.17) is 20.4 Å². The second-order valence-electron chi connectivity index (χ2n) is 6.29. The molecule has 0 bridgehead atoms. The molecular weight excluding hydrogens is 372 g/mol. The number of ether oxygens (including phenoxy) is 1. The summed E-state index contributed by atoms with van der Waals surface area (Å²) in [6.45, 7) is 3.74. The maximum absolute atomic E-state index is 5.90. The van der Waals surface area contributed by atoms with Crippen LogP contribution < -0.4 is 20.7 Å². The lowest BCUT2D eigenvalue weighted by Crippen LogP contribution is -2.43. The van der Waals surface area contributed by atoms with Gasteiger partial charge in [0.1, 0.15) is 11.3 Å². The molecule has 0 aliphatic carbocycles. The van der Waals surface area contributed by atoms with Crippen LogP contribution in [0.25, 0.3) is 11.0 Å². The van der Waals surface area contributed by atoms with Gasteiger partial charge in [0.05, 0.1) is 22.7 Å². The highest BCUT2D eigenvalue weighted by molar-refractivity contribution is 7.12. The molecular formula is C20H24N6OS. The van der Waals surface area contributed by atoms with Crippen LogP contribution in [0.4, 0.5) is 5.95 Å². The number of nitrogens with zero attached hydrogens (tertiary/aromatic N) is 4. The van der Waals surface area contributed by atoms with E-state index in [2.05, 4.69) is 21.3 Å². The van der Waals surface area contributed by atoms with Crippen molar-refractivity contribution in [3.63, 3.8) is 0 Å². The van der Waals surface area contributed by atoms with Crippen LogP contribution in [0, 0.1) is 0 Å². The molecule has 0 amide bonds. The van der Waals surface area contributed by atoms with E-state index in [0.29, 0.717) is 19.7 Å². The molecule has 7 nitrogen and oxygen atoms in total. The maximum Gasteiger partial charge on any atom is 0.213 e. The van der Waals surface area contributed by atoms with Crippen molar-refractivity contribution in [1.82, 2.24) is 14.9 Å². The first-order valence-corrected chi connectivity index (χ1v) is 10.2. The quantitative estimate of drug-likeness (QED) is 0.642. The molecule has 3 heterocycles. The summed E-state index contributed by atoms with van der Waals surface area (Å²) in [5.41, 5.74) is 8.70. The van der Waals surface area contributed by atoms with Crippen LogP contribution >= 0.6 is 11.3 Å². The van der Waals surface area contributed by atoms with E-state index in [1.165, 1.54) is 0 Å². The van der Waals surface area contributed by atoms with E-state index in [1.54, 1.807) is 11.3 Å². The molecule has 1 aliphatic rings. The molecule has 1 atom stereocenters. The van der Waals surface area contributed by atoms with Crippen LogP contribution in [0.5, 0.6) is 5.75 Å². The van der Waals surface area contributed by atoms with E-state index in [0.717, 1.165) is 33.3 Å². The van der Waals surface area contributed by atoms with Crippen molar-refractivity contribution < 1.29 is 4.74 Å². The first-order chi connectivity index (χ1) is 13.8. The lowest BCUT2D eigenvalue weighted by Gasteiger charge is -2.30. The minimum Gasteiger partial charge on any atom is -0.492 e. The Balaban J connectivity index is 1.79. The van der Waals surface area contributed by atoms with Crippen molar-refractivity contribution in [3.05, 3.63) is 52.9 Å². The number of anilines is 1. The third kappa shape index (κ3) is 3.30. The van der Waals surface area contributed by atoms with Crippen molar-refractivity contribution in [3.8, 4) is 5.75 Å². The summed E-state index contributed by atoms with van der Waals surface area (Å²) in [7, 11) is 1.90. The molecule has 4 rings (SSSR count). The van der Waals surface area contributed by atoms with Gasteiger partial charge in [0.15, 0.2) is 6.29 Å². The number of allylic oxidation sites excluding steroid dienone is 1. The Labute approximate surface area is 168 Å². The number of nitrogens with one attached hydrogen (secondary N) is 1. The number of hydrogen-bond acceptors (Lipinski definition) is 7. The van der Waals surface area contributed by atoms with E-state index in [-0.39, 0.29) is 6.29 Å². The number of rotatable bonds is 7. The zero-order chi connectivity index (χ0) is 19.5. The topological polar surface area (TPSA) is 80.7 Å². The van der Waals surface area contributed by atoms with E-state index < -0.39 is 0 Å². The Morgan fingerprint density at radius 3 is 2.89 bits per heavy atom. The average Bonchev–Trinajstić information content (AvgIpc) is 3.37. The van der Waals surface area contributed by atoms with E-state index in [9.17, 15) is 0 Å². The predicted molar refractivity (Wildman–Crippen MR) is 115 cm³/mol. The number of thiophene rings is 1. The third-order valence-electron chi connectivity index (χ3n) is 4.55. The minimum absolute atomic E-state index is 0.258. The number of aromatic nitrogens is 2. The maximum atomic E-state index is 5.90. The molecule has 3 N–H and O–H groups in total. The summed E-state index contributed by atoms with van der Waals surface area (Å²) in [6, 6.07) is 10.1. The van der Waals surface area contributed by atoms with Crippen LogP contribution in [0.15, 0.2) is 53.0 Å². The zero-order valence-electron chi connectivity index (χ0n) is 16.0.